The van der Waals surface area contributed by atoms with Gasteiger partial charge in [-0.25, -0.2) is 0 Å². The Hall–Kier alpha value is -2.69. The summed E-state index contributed by atoms with van der Waals surface area (Å²) in [5.41, 5.74) is 2.01. The predicted molar refractivity (Wildman–Crippen MR) is 88.2 cm³/mol. The second-order valence-corrected chi connectivity index (χ2v) is 5.31. The number of nitrogens with one attached hydrogen (secondary N) is 1. The smallest absolute Gasteiger partial charge is 0.222 e. The number of carbonyl (C=O) groups is 2. The van der Waals surface area contributed by atoms with Crippen molar-refractivity contribution >= 4 is 11.8 Å². The van der Waals surface area contributed by atoms with Crippen LogP contribution in [0.15, 0.2) is 54.9 Å². The Morgan fingerprint density at radius 3 is 2.48 bits per heavy atom. The van der Waals surface area contributed by atoms with E-state index in [4.69, 9.17) is 0 Å². The topological polar surface area (TPSA) is 62.3 Å². The molecule has 0 radical (unpaired) electrons. The van der Waals surface area contributed by atoms with Crippen LogP contribution in [0.3, 0.4) is 0 Å². The van der Waals surface area contributed by atoms with Gasteiger partial charge in [0.25, 0.3) is 0 Å². The molecule has 2 amide bonds. The molecule has 0 atom stereocenters. The summed E-state index contributed by atoms with van der Waals surface area (Å²) < 4.78 is 0. The zero-order valence-electron chi connectivity index (χ0n) is 13.2. The van der Waals surface area contributed by atoms with Crippen LogP contribution in [-0.4, -0.2) is 28.2 Å². The largest absolute Gasteiger partial charge is 0.352 e. The average Bonchev–Trinajstić information content (AvgIpc) is 2.58. The third-order valence-electron chi connectivity index (χ3n) is 3.48. The van der Waals surface area contributed by atoms with Crippen LogP contribution >= 0.6 is 0 Å². The number of hydrogen-bond acceptors (Lipinski definition) is 3. The minimum Gasteiger partial charge on any atom is -0.352 e. The molecule has 0 aliphatic rings. The first-order valence-electron chi connectivity index (χ1n) is 7.60. The van der Waals surface area contributed by atoms with Crippen molar-refractivity contribution in [2.24, 2.45) is 0 Å². The van der Waals surface area contributed by atoms with Crippen LogP contribution < -0.4 is 5.32 Å². The van der Waals surface area contributed by atoms with Crippen molar-refractivity contribution in [3.63, 3.8) is 0 Å². The van der Waals surface area contributed by atoms with E-state index in [9.17, 15) is 9.59 Å². The van der Waals surface area contributed by atoms with Gasteiger partial charge in [0, 0.05) is 45.4 Å². The lowest BCUT2D eigenvalue weighted by Crippen LogP contribution is -2.33. The zero-order valence-corrected chi connectivity index (χ0v) is 13.2. The summed E-state index contributed by atoms with van der Waals surface area (Å²) in [5.74, 6) is -0.109. The molecular weight excluding hydrogens is 290 g/mol. The molecule has 0 aliphatic heterocycles. The Balaban J connectivity index is 1.79. The number of nitrogens with zero attached hydrogens (tertiary/aromatic N) is 2. The summed E-state index contributed by atoms with van der Waals surface area (Å²) in [6, 6.07) is 13.5. The Morgan fingerprint density at radius 2 is 1.83 bits per heavy atom. The van der Waals surface area contributed by atoms with Gasteiger partial charge in [0.05, 0.1) is 0 Å². The second-order valence-electron chi connectivity index (χ2n) is 5.31. The lowest BCUT2D eigenvalue weighted by molar-refractivity contribution is -0.130. The van der Waals surface area contributed by atoms with Gasteiger partial charge in [-0.15, -0.1) is 0 Å². The fourth-order valence-corrected chi connectivity index (χ4v) is 2.18. The van der Waals surface area contributed by atoms with E-state index in [1.165, 1.54) is 6.92 Å². The van der Waals surface area contributed by atoms with E-state index in [1.807, 2.05) is 42.5 Å². The summed E-state index contributed by atoms with van der Waals surface area (Å²) in [4.78, 5) is 29.3. The fraction of sp³-hybridized carbons (Fsp3) is 0.278. The summed E-state index contributed by atoms with van der Waals surface area (Å²) in [7, 11) is 0. The summed E-state index contributed by atoms with van der Waals surface area (Å²) >= 11 is 0. The highest BCUT2D eigenvalue weighted by atomic mass is 16.2. The first kappa shape index (κ1) is 16.7. The molecular formula is C18H21N3O2. The maximum absolute atomic E-state index is 11.9. The van der Waals surface area contributed by atoms with Crippen LogP contribution in [0.4, 0.5) is 0 Å². The van der Waals surface area contributed by atoms with E-state index in [-0.39, 0.29) is 18.2 Å². The molecule has 0 spiro atoms. The molecule has 1 aromatic heterocycles. The molecule has 1 heterocycles. The van der Waals surface area contributed by atoms with E-state index in [1.54, 1.807) is 17.3 Å². The molecule has 0 aliphatic carbocycles. The minimum atomic E-state index is -0.0758. The predicted octanol–water partition coefficient (Wildman–Crippen LogP) is 2.14. The molecule has 0 unspecified atom stereocenters. The van der Waals surface area contributed by atoms with E-state index < -0.39 is 0 Å². The van der Waals surface area contributed by atoms with Crippen LogP contribution in [-0.2, 0) is 22.7 Å². The van der Waals surface area contributed by atoms with Gasteiger partial charge in [-0.2, -0.15) is 0 Å². The molecule has 0 saturated heterocycles. The number of carbonyl (C=O) groups excluding carboxylic acids is 2. The van der Waals surface area contributed by atoms with Gasteiger partial charge >= 0.3 is 0 Å². The first-order chi connectivity index (χ1) is 11.1. The standard InChI is InChI=1S/C18H21N3O2/c1-15(22)21(14-16-6-3-2-4-7-16)11-9-18(23)20-13-17-8-5-10-19-12-17/h2-8,10,12H,9,11,13-14H2,1H3,(H,20,23). The van der Waals surface area contributed by atoms with E-state index in [0.717, 1.165) is 11.1 Å². The van der Waals surface area contributed by atoms with Gasteiger partial charge in [-0.3, -0.25) is 14.6 Å². The Bertz CT molecular complexity index is 629. The maximum atomic E-state index is 11.9. The van der Waals surface area contributed by atoms with Crippen LogP contribution in [0, 0.1) is 0 Å². The quantitative estimate of drug-likeness (QED) is 0.852. The second kappa shape index (κ2) is 8.68. The molecule has 23 heavy (non-hydrogen) atoms. The number of hydrogen-bond donors (Lipinski definition) is 1. The van der Waals surface area contributed by atoms with Crippen LogP contribution in [0.2, 0.25) is 0 Å². The van der Waals surface area contributed by atoms with Gasteiger partial charge in [-0.1, -0.05) is 36.4 Å². The Morgan fingerprint density at radius 1 is 1.09 bits per heavy atom. The molecule has 2 aromatic rings. The van der Waals surface area contributed by atoms with E-state index in [2.05, 4.69) is 10.3 Å². The highest BCUT2D eigenvalue weighted by Crippen LogP contribution is 2.05. The lowest BCUT2D eigenvalue weighted by atomic mass is 10.2. The van der Waals surface area contributed by atoms with Gasteiger partial charge < -0.3 is 10.2 Å². The van der Waals surface area contributed by atoms with Crippen molar-refractivity contribution in [2.45, 2.75) is 26.4 Å². The summed E-state index contributed by atoms with van der Waals surface area (Å²) in [5, 5.41) is 2.84. The van der Waals surface area contributed by atoms with Crippen LogP contribution in [0.5, 0.6) is 0 Å². The Kier molecular flexibility index (Phi) is 6.29. The van der Waals surface area contributed by atoms with Gasteiger partial charge in [0.15, 0.2) is 0 Å². The average molecular weight is 311 g/mol. The van der Waals surface area contributed by atoms with Crippen LogP contribution in [0.25, 0.3) is 0 Å². The third-order valence-corrected chi connectivity index (χ3v) is 3.48. The monoisotopic (exact) mass is 311 g/mol. The van der Waals surface area contributed by atoms with Crippen molar-refractivity contribution < 1.29 is 9.59 Å². The molecule has 1 N–H and O–H groups in total. The molecule has 0 fully saturated rings. The number of benzene rings is 1. The molecule has 2 rings (SSSR count). The number of pyridine rings is 1. The van der Waals surface area contributed by atoms with E-state index in [0.29, 0.717) is 19.6 Å². The SMILES string of the molecule is CC(=O)N(CCC(=O)NCc1cccnc1)Cc1ccccc1. The minimum absolute atomic E-state index is 0.0334. The number of amides is 2. The molecule has 0 bridgehead atoms. The molecule has 0 saturated carbocycles. The fourth-order valence-electron chi connectivity index (χ4n) is 2.18. The van der Waals surface area contributed by atoms with Gasteiger partial charge in [0.2, 0.25) is 11.8 Å². The van der Waals surface area contributed by atoms with Gasteiger partial charge in [0.1, 0.15) is 0 Å². The highest BCUT2D eigenvalue weighted by Gasteiger charge is 2.11. The zero-order chi connectivity index (χ0) is 16.5. The van der Waals surface area contributed by atoms with Crippen molar-refractivity contribution in [2.75, 3.05) is 6.54 Å². The van der Waals surface area contributed by atoms with E-state index >= 15 is 0 Å². The summed E-state index contributed by atoms with van der Waals surface area (Å²) in [6.07, 6.45) is 3.70. The van der Waals surface area contributed by atoms with Crippen LogP contribution in [0.1, 0.15) is 24.5 Å². The molecule has 5 nitrogen and oxygen atoms in total. The first-order valence-corrected chi connectivity index (χ1v) is 7.60. The van der Waals surface area contributed by atoms with Crippen molar-refractivity contribution in [3.05, 3.63) is 66.0 Å². The lowest BCUT2D eigenvalue weighted by Gasteiger charge is -2.21. The number of rotatable bonds is 7. The van der Waals surface area contributed by atoms with Crippen molar-refractivity contribution in [3.8, 4) is 0 Å². The number of aromatic nitrogens is 1. The molecule has 1 aromatic carbocycles. The van der Waals surface area contributed by atoms with Crippen molar-refractivity contribution in [1.29, 1.82) is 0 Å². The highest BCUT2D eigenvalue weighted by molar-refractivity contribution is 5.78. The molecule has 120 valence electrons. The van der Waals surface area contributed by atoms with Crippen molar-refractivity contribution in [1.82, 2.24) is 15.2 Å². The summed E-state index contributed by atoms with van der Waals surface area (Å²) in [6.45, 7) is 2.90. The molecule has 5 heteroatoms. The maximum Gasteiger partial charge on any atom is 0.222 e. The Labute approximate surface area is 136 Å². The van der Waals surface area contributed by atoms with Gasteiger partial charge in [-0.05, 0) is 17.2 Å². The normalized spacial score (nSPS) is 10.1. The third kappa shape index (κ3) is 5.90.